The predicted octanol–water partition coefficient (Wildman–Crippen LogP) is 2.97. The summed E-state index contributed by atoms with van der Waals surface area (Å²) < 4.78 is 18.6. The summed E-state index contributed by atoms with van der Waals surface area (Å²) in [5.74, 6) is -0.912. The number of ether oxygens (including phenoxy) is 1. The van der Waals surface area contributed by atoms with Gasteiger partial charge in [-0.15, -0.1) is 0 Å². The van der Waals surface area contributed by atoms with E-state index in [0.717, 1.165) is 0 Å². The molecule has 0 saturated carbocycles. The van der Waals surface area contributed by atoms with Crippen molar-refractivity contribution in [2.24, 2.45) is 0 Å². The molecule has 1 saturated heterocycles. The van der Waals surface area contributed by atoms with Crippen LogP contribution in [-0.4, -0.2) is 21.8 Å². The molecule has 0 radical (unpaired) electrons. The fourth-order valence-corrected chi connectivity index (χ4v) is 2.88. The third-order valence-electron chi connectivity index (χ3n) is 3.83. The molecular weight excluding hydrogens is 317 g/mol. The normalized spacial score (nSPS) is 22.1. The summed E-state index contributed by atoms with van der Waals surface area (Å²) in [5, 5.41) is 10.5. The van der Waals surface area contributed by atoms with Gasteiger partial charge in [0.15, 0.2) is 0 Å². The summed E-state index contributed by atoms with van der Waals surface area (Å²) in [4.78, 5) is 14.0. The van der Waals surface area contributed by atoms with E-state index in [2.05, 4.69) is 0 Å². The van der Waals surface area contributed by atoms with Crippen molar-refractivity contribution in [2.75, 3.05) is 4.90 Å². The third-order valence-corrected chi connectivity index (χ3v) is 4.10. The molecule has 1 aliphatic rings. The van der Waals surface area contributed by atoms with Gasteiger partial charge in [0.2, 0.25) is 5.60 Å². The molecule has 4 nitrogen and oxygen atoms in total. The lowest BCUT2D eigenvalue weighted by Gasteiger charge is -2.26. The molecule has 2 aromatic carbocycles. The fourth-order valence-electron chi connectivity index (χ4n) is 2.51. The number of amides is 1. The predicted molar refractivity (Wildman–Crippen MR) is 87.4 cm³/mol. The number of halogens is 1. The highest BCUT2D eigenvalue weighted by molar-refractivity contribution is 7.80. The lowest BCUT2D eigenvalue weighted by molar-refractivity contribution is -0.137. The minimum atomic E-state index is -1.53. The summed E-state index contributed by atoms with van der Waals surface area (Å²) in [6.45, 7) is 1.49. The largest absolute Gasteiger partial charge is 0.451 e. The van der Waals surface area contributed by atoms with E-state index < -0.39 is 23.4 Å². The summed E-state index contributed by atoms with van der Waals surface area (Å²) in [6.07, 6.45) is -1.18. The van der Waals surface area contributed by atoms with Crippen LogP contribution >= 0.6 is 12.2 Å². The van der Waals surface area contributed by atoms with Crippen molar-refractivity contribution in [3.63, 3.8) is 0 Å². The van der Waals surface area contributed by atoms with Crippen molar-refractivity contribution in [2.45, 2.75) is 18.6 Å². The van der Waals surface area contributed by atoms with Crippen molar-refractivity contribution < 1.29 is 19.0 Å². The molecule has 1 fully saturated rings. The molecule has 118 valence electrons. The van der Waals surface area contributed by atoms with Crippen molar-refractivity contribution >= 4 is 29.0 Å². The zero-order valence-corrected chi connectivity index (χ0v) is 13.1. The Morgan fingerprint density at radius 1 is 1.17 bits per heavy atom. The Labute approximate surface area is 138 Å². The molecule has 1 heterocycles. The van der Waals surface area contributed by atoms with Crippen LogP contribution in [0, 0.1) is 5.82 Å². The molecule has 0 aliphatic carbocycles. The van der Waals surface area contributed by atoms with Crippen molar-refractivity contribution in [1.29, 1.82) is 0 Å². The van der Waals surface area contributed by atoms with E-state index in [0.29, 0.717) is 11.3 Å². The van der Waals surface area contributed by atoms with E-state index in [9.17, 15) is 14.3 Å². The Kier molecular flexibility index (Phi) is 3.87. The number of carbonyl (C=O) groups is 1. The van der Waals surface area contributed by atoms with Crippen LogP contribution in [0.2, 0.25) is 0 Å². The van der Waals surface area contributed by atoms with Gasteiger partial charge >= 0.3 is 0 Å². The van der Waals surface area contributed by atoms with Crippen molar-refractivity contribution in [3.8, 4) is 0 Å². The van der Waals surface area contributed by atoms with Crippen LogP contribution in [-0.2, 0) is 9.53 Å². The Balaban J connectivity index is 1.95. The summed E-state index contributed by atoms with van der Waals surface area (Å²) in [5.41, 5.74) is -0.593. The van der Waals surface area contributed by atoms with E-state index >= 15 is 0 Å². The number of hydrogen-bond acceptors (Lipinski definition) is 4. The Bertz CT molecular complexity index is 750. The second-order valence-electron chi connectivity index (χ2n) is 5.41. The molecule has 2 aromatic rings. The number of hydrogen-bond donors (Lipinski definition) is 1. The van der Waals surface area contributed by atoms with Crippen LogP contribution in [0.15, 0.2) is 54.6 Å². The van der Waals surface area contributed by atoms with Gasteiger partial charge in [0.1, 0.15) is 11.9 Å². The number of anilines is 1. The highest BCUT2D eigenvalue weighted by atomic mass is 32.1. The lowest BCUT2D eigenvalue weighted by atomic mass is 9.92. The van der Waals surface area contributed by atoms with E-state index in [-0.39, 0.29) is 5.17 Å². The molecule has 0 spiro atoms. The molecule has 6 heteroatoms. The second-order valence-corrected chi connectivity index (χ2v) is 5.75. The number of aliphatic hydroxyl groups excluding tert-OH is 1. The lowest BCUT2D eigenvalue weighted by Crippen LogP contribution is -2.43. The Morgan fingerprint density at radius 2 is 1.78 bits per heavy atom. The molecule has 1 N–H and O–H groups in total. The van der Waals surface area contributed by atoms with Crippen LogP contribution in [0.4, 0.5) is 10.1 Å². The number of aliphatic hydroxyl groups is 1. The first kappa shape index (κ1) is 15.6. The molecule has 0 bridgehead atoms. The topological polar surface area (TPSA) is 49.8 Å². The summed E-state index contributed by atoms with van der Waals surface area (Å²) in [7, 11) is 0. The maximum atomic E-state index is 13.1. The van der Waals surface area contributed by atoms with Gasteiger partial charge < -0.3 is 9.84 Å². The first-order valence-corrected chi connectivity index (χ1v) is 7.40. The van der Waals surface area contributed by atoms with Crippen LogP contribution in [0.1, 0.15) is 18.6 Å². The average molecular weight is 331 g/mol. The van der Waals surface area contributed by atoms with Gasteiger partial charge in [-0.3, -0.25) is 4.79 Å². The third kappa shape index (κ3) is 2.60. The number of nitrogens with zero attached hydrogens (tertiary/aromatic N) is 1. The molecular formula is C17H14FNO3S. The minimum absolute atomic E-state index is 0.0703. The van der Waals surface area contributed by atoms with Gasteiger partial charge in [0, 0.05) is 0 Å². The second kappa shape index (κ2) is 5.72. The highest BCUT2D eigenvalue weighted by Gasteiger charge is 2.54. The zero-order chi connectivity index (χ0) is 16.6. The van der Waals surface area contributed by atoms with Gasteiger partial charge in [-0.05, 0) is 49.0 Å². The molecule has 0 aromatic heterocycles. The van der Waals surface area contributed by atoms with Crippen LogP contribution in [0.3, 0.4) is 0 Å². The molecule has 3 rings (SSSR count). The smallest absolute Gasteiger partial charge is 0.281 e. The minimum Gasteiger partial charge on any atom is -0.451 e. The molecule has 0 unspecified atom stereocenters. The first-order valence-electron chi connectivity index (χ1n) is 6.99. The molecule has 1 amide bonds. The van der Waals surface area contributed by atoms with Gasteiger partial charge in [0.25, 0.3) is 11.1 Å². The van der Waals surface area contributed by atoms with Gasteiger partial charge in [-0.25, -0.2) is 9.29 Å². The first-order chi connectivity index (χ1) is 10.9. The van der Waals surface area contributed by atoms with Crippen molar-refractivity contribution in [3.05, 3.63) is 66.0 Å². The quantitative estimate of drug-likeness (QED) is 0.879. The zero-order valence-electron chi connectivity index (χ0n) is 12.3. The molecule has 1 aliphatic heterocycles. The van der Waals surface area contributed by atoms with Crippen molar-refractivity contribution in [1.82, 2.24) is 0 Å². The number of carbonyl (C=O) groups excluding carboxylic acids is 1. The van der Waals surface area contributed by atoms with Crippen LogP contribution < -0.4 is 4.90 Å². The van der Waals surface area contributed by atoms with E-state index in [1.807, 2.05) is 6.07 Å². The molecule has 2 atom stereocenters. The standard InChI is InChI=1S/C17H14FNO3S/c1-17(14(20)11-5-3-2-4-6-11)15(21)19(16(23)22-17)13-9-7-12(18)8-10-13/h2-10,14,20H,1H3/t14-,17-/m0/s1. The number of rotatable bonds is 3. The Morgan fingerprint density at radius 3 is 2.39 bits per heavy atom. The van der Waals surface area contributed by atoms with E-state index in [1.165, 1.54) is 36.1 Å². The maximum absolute atomic E-state index is 13.1. The van der Waals surface area contributed by atoms with Crippen LogP contribution in [0.25, 0.3) is 0 Å². The number of benzene rings is 2. The van der Waals surface area contributed by atoms with Crippen LogP contribution in [0.5, 0.6) is 0 Å². The molecule has 23 heavy (non-hydrogen) atoms. The van der Waals surface area contributed by atoms with Gasteiger partial charge in [-0.2, -0.15) is 0 Å². The van der Waals surface area contributed by atoms with E-state index in [1.54, 1.807) is 24.3 Å². The maximum Gasteiger partial charge on any atom is 0.281 e. The Hall–Kier alpha value is -2.31. The summed E-state index contributed by atoms with van der Waals surface area (Å²) >= 11 is 5.13. The number of thiocarbonyl (C=S) groups is 1. The monoisotopic (exact) mass is 331 g/mol. The highest BCUT2D eigenvalue weighted by Crippen LogP contribution is 2.38. The average Bonchev–Trinajstić information content (AvgIpc) is 2.79. The van der Waals surface area contributed by atoms with E-state index in [4.69, 9.17) is 17.0 Å². The van der Waals surface area contributed by atoms with Gasteiger partial charge in [-0.1, -0.05) is 30.3 Å². The fraction of sp³-hybridized carbons (Fsp3) is 0.176. The van der Waals surface area contributed by atoms with Gasteiger partial charge in [0.05, 0.1) is 5.69 Å². The SMILES string of the molecule is C[C@@]1([C@@H](O)c2ccccc2)OC(=S)N(c2ccc(F)cc2)C1=O. The summed E-state index contributed by atoms with van der Waals surface area (Å²) in [6, 6.07) is 14.1.